The Morgan fingerprint density at radius 1 is 1.03 bits per heavy atom. The lowest BCUT2D eigenvalue weighted by molar-refractivity contribution is -0.137. The summed E-state index contributed by atoms with van der Waals surface area (Å²) in [5.41, 5.74) is -0.717. The molecule has 1 fully saturated rings. The lowest BCUT2D eigenvalue weighted by Crippen LogP contribution is -2.47. The molecule has 0 bridgehead atoms. The van der Waals surface area contributed by atoms with E-state index in [0.29, 0.717) is 49.4 Å². The molecule has 0 spiro atoms. The van der Waals surface area contributed by atoms with E-state index in [1.54, 1.807) is 18.3 Å². The van der Waals surface area contributed by atoms with Gasteiger partial charge in [0, 0.05) is 38.6 Å². The van der Waals surface area contributed by atoms with Crippen molar-refractivity contribution in [2.45, 2.75) is 6.18 Å². The van der Waals surface area contributed by atoms with Crippen LogP contribution in [0.5, 0.6) is 0 Å². The molecular weight excluding hydrogens is 447 g/mol. The van der Waals surface area contributed by atoms with Crippen LogP contribution in [-0.2, 0) is 6.18 Å². The van der Waals surface area contributed by atoms with Crippen LogP contribution in [0.2, 0.25) is 5.02 Å². The van der Waals surface area contributed by atoms with E-state index in [4.69, 9.17) is 11.6 Å². The highest BCUT2D eigenvalue weighted by molar-refractivity contribution is 6.33. The van der Waals surface area contributed by atoms with Crippen LogP contribution >= 0.6 is 11.6 Å². The molecule has 0 atom stereocenters. The maximum atomic E-state index is 12.7. The van der Waals surface area contributed by atoms with E-state index in [9.17, 15) is 23.2 Å². The van der Waals surface area contributed by atoms with Crippen LogP contribution in [0.25, 0.3) is 5.82 Å². The Labute approximate surface area is 185 Å². The number of aromatic nitrogens is 4. The number of anilines is 2. The zero-order valence-corrected chi connectivity index (χ0v) is 17.2. The molecule has 0 N–H and O–H groups in total. The first-order valence-corrected chi connectivity index (χ1v) is 9.84. The first-order valence-electron chi connectivity index (χ1n) is 9.46. The van der Waals surface area contributed by atoms with Crippen molar-refractivity contribution in [3.8, 4) is 11.9 Å². The van der Waals surface area contributed by atoms with Gasteiger partial charge in [-0.1, -0.05) is 11.6 Å². The Bertz CT molecular complexity index is 1230. The molecule has 0 saturated carbocycles. The Hall–Kier alpha value is -3.65. The van der Waals surface area contributed by atoms with Crippen LogP contribution in [-0.4, -0.2) is 45.9 Å². The molecule has 3 aromatic heterocycles. The van der Waals surface area contributed by atoms with Crippen molar-refractivity contribution < 1.29 is 13.2 Å². The van der Waals surface area contributed by atoms with Crippen molar-refractivity contribution in [2.24, 2.45) is 0 Å². The van der Waals surface area contributed by atoms with Crippen LogP contribution in [0.4, 0.5) is 24.7 Å². The van der Waals surface area contributed by atoms with Crippen molar-refractivity contribution in [1.82, 2.24) is 19.7 Å². The highest BCUT2D eigenvalue weighted by Crippen LogP contribution is 2.29. The highest BCUT2D eigenvalue weighted by Gasteiger charge is 2.31. The second-order valence-corrected chi connectivity index (χ2v) is 7.30. The normalized spacial score (nSPS) is 14.3. The molecule has 0 amide bonds. The van der Waals surface area contributed by atoms with Gasteiger partial charge in [-0.25, -0.2) is 9.97 Å². The van der Waals surface area contributed by atoms with Crippen molar-refractivity contribution in [2.75, 3.05) is 36.0 Å². The minimum Gasteiger partial charge on any atom is -0.365 e. The molecular formula is C20H15ClF3N7O. The molecule has 164 valence electrons. The van der Waals surface area contributed by atoms with E-state index in [-0.39, 0.29) is 10.8 Å². The smallest absolute Gasteiger partial charge is 0.365 e. The van der Waals surface area contributed by atoms with Crippen LogP contribution in [0.1, 0.15) is 11.1 Å². The Kier molecular flexibility index (Phi) is 5.71. The van der Waals surface area contributed by atoms with E-state index in [0.717, 1.165) is 16.8 Å². The summed E-state index contributed by atoms with van der Waals surface area (Å²) >= 11 is 6.29. The van der Waals surface area contributed by atoms with Gasteiger partial charge in [0.15, 0.2) is 5.82 Å². The third-order valence-corrected chi connectivity index (χ3v) is 5.38. The second kappa shape index (κ2) is 8.47. The molecule has 32 heavy (non-hydrogen) atoms. The topological polar surface area (TPSA) is 90.9 Å². The van der Waals surface area contributed by atoms with E-state index in [1.807, 2.05) is 9.80 Å². The monoisotopic (exact) mass is 461 g/mol. The summed E-state index contributed by atoms with van der Waals surface area (Å²) < 4.78 is 39.0. The first kappa shape index (κ1) is 21.6. The van der Waals surface area contributed by atoms with Gasteiger partial charge in [-0.3, -0.25) is 4.79 Å². The fourth-order valence-corrected chi connectivity index (χ4v) is 3.63. The Balaban J connectivity index is 1.53. The van der Waals surface area contributed by atoms with Crippen molar-refractivity contribution >= 4 is 23.1 Å². The number of hydrogen-bond donors (Lipinski definition) is 0. The van der Waals surface area contributed by atoms with Gasteiger partial charge in [-0.2, -0.15) is 28.2 Å². The lowest BCUT2D eigenvalue weighted by Gasteiger charge is -2.37. The minimum atomic E-state index is -4.53. The molecule has 4 rings (SSSR count). The van der Waals surface area contributed by atoms with Gasteiger partial charge in [0.05, 0.1) is 23.0 Å². The largest absolute Gasteiger partial charge is 0.417 e. The summed E-state index contributed by atoms with van der Waals surface area (Å²) in [4.78, 5) is 24.5. The summed E-state index contributed by atoms with van der Waals surface area (Å²) in [5.74, 6) is 0.531. The minimum absolute atomic E-state index is 0.0690. The van der Waals surface area contributed by atoms with Crippen LogP contribution < -0.4 is 15.4 Å². The molecule has 4 heterocycles. The number of hydrogen-bond acceptors (Lipinski definition) is 7. The Morgan fingerprint density at radius 2 is 1.75 bits per heavy atom. The number of piperazine rings is 1. The van der Waals surface area contributed by atoms with E-state index in [1.165, 1.54) is 6.20 Å². The van der Waals surface area contributed by atoms with Crippen LogP contribution in [0.15, 0.2) is 47.7 Å². The van der Waals surface area contributed by atoms with E-state index >= 15 is 0 Å². The van der Waals surface area contributed by atoms with Crippen molar-refractivity contribution in [3.63, 3.8) is 0 Å². The van der Waals surface area contributed by atoms with Gasteiger partial charge in [-0.15, -0.1) is 0 Å². The lowest BCUT2D eigenvalue weighted by atomic mass is 10.2. The number of alkyl halides is 3. The van der Waals surface area contributed by atoms with E-state index < -0.39 is 17.3 Å². The molecule has 1 saturated heterocycles. The summed E-state index contributed by atoms with van der Waals surface area (Å²) in [7, 11) is 0. The Morgan fingerprint density at radius 3 is 2.38 bits per heavy atom. The van der Waals surface area contributed by atoms with E-state index in [2.05, 4.69) is 21.1 Å². The maximum absolute atomic E-state index is 12.7. The molecule has 8 nitrogen and oxygen atoms in total. The van der Waals surface area contributed by atoms with Gasteiger partial charge >= 0.3 is 6.18 Å². The van der Waals surface area contributed by atoms with Gasteiger partial charge in [0.25, 0.3) is 5.56 Å². The maximum Gasteiger partial charge on any atom is 0.417 e. The summed E-state index contributed by atoms with van der Waals surface area (Å²) in [6.07, 6.45) is -0.882. The standard InChI is InChI=1S/C20H15ClF3N7O/c21-17-15(29-6-8-30(9-7-29)18-13(10-25)2-1-5-26-18)12-28-31(19(17)32)16-4-3-14(11-27-16)20(22,23)24/h1-5,11-12H,6-9H2. The molecule has 0 radical (unpaired) electrons. The fraction of sp³-hybridized carbons (Fsp3) is 0.250. The molecule has 0 aromatic carbocycles. The number of halogens is 4. The number of nitrogens with zero attached hydrogens (tertiary/aromatic N) is 7. The summed E-state index contributed by atoms with van der Waals surface area (Å²) in [6.45, 7) is 2.10. The predicted molar refractivity (Wildman–Crippen MR) is 111 cm³/mol. The SMILES string of the molecule is N#Cc1cccnc1N1CCN(c2cnn(-c3ccc(C(F)(F)F)cn3)c(=O)c2Cl)CC1. The third-order valence-electron chi connectivity index (χ3n) is 5.02. The third kappa shape index (κ3) is 4.09. The number of rotatable bonds is 3. The van der Waals surface area contributed by atoms with Gasteiger partial charge < -0.3 is 9.80 Å². The van der Waals surface area contributed by atoms with Gasteiger partial charge in [-0.05, 0) is 24.3 Å². The van der Waals surface area contributed by atoms with Crippen molar-refractivity contribution in [3.05, 3.63) is 69.4 Å². The highest BCUT2D eigenvalue weighted by atomic mass is 35.5. The molecule has 3 aromatic rings. The zero-order valence-electron chi connectivity index (χ0n) is 16.4. The summed E-state index contributed by atoms with van der Waals surface area (Å²) in [6, 6.07) is 7.41. The average Bonchev–Trinajstić information content (AvgIpc) is 2.80. The van der Waals surface area contributed by atoms with Crippen LogP contribution in [0.3, 0.4) is 0 Å². The quantitative estimate of drug-likeness (QED) is 0.592. The average molecular weight is 462 g/mol. The van der Waals surface area contributed by atoms with Crippen molar-refractivity contribution in [1.29, 1.82) is 5.26 Å². The van der Waals surface area contributed by atoms with Gasteiger partial charge in [0.2, 0.25) is 0 Å². The molecule has 0 aliphatic carbocycles. The molecule has 12 heteroatoms. The van der Waals surface area contributed by atoms with Crippen LogP contribution in [0, 0.1) is 11.3 Å². The molecule has 1 aliphatic rings. The first-order chi connectivity index (χ1) is 15.3. The number of nitriles is 1. The van der Waals surface area contributed by atoms with Gasteiger partial charge in [0.1, 0.15) is 16.9 Å². The second-order valence-electron chi connectivity index (χ2n) is 6.92. The predicted octanol–water partition coefficient (Wildman–Crippen LogP) is 2.89. The molecule has 1 aliphatic heterocycles. The zero-order chi connectivity index (χ0) is 22.9. The molecule has 0 unspecified atom stereocenters. The fourth-order valence-electron chi connectivity index (χ4n) is 3.38. The summed E-state index contributed by atoms with van der Waals surface area (Å²) in [5, 5.41) is 13.2. The number of pyridine rings is 2.